The van der Waals surface area contributed by atoms with Gasteiger partial charge in [-0.15, -0.1) is 0 Å². The van der Waals surface area contributed by atoms with Crippen LogP contribution in [0.2, 0.25) is 0 Å². The van der Waals surface area contributed by atoms with Crippen molar-refractivity contribution in [2.45, 2.75) is 82.8 Å². The van der Waals surface area contributed by atoms with Crippen molar-refractivity contribution in [1.29, 1.82) is 0 Å². The second-order valence-corrected chi connectivity index (χ2v) is 10.2. The number of benzene rings is 2. The molecule has 1 saturated carbocycles. The first kappa shape index (κ1) is 27.8. The lowest BCUT2D eigenvalue weighted by Gasteiger charge is -2.24. The summed E-state index contributed by atoms with van der Waals surface area (Å²) in [6.07, 6.45) is 7.71. The SMILES string of the molecule is COc1cc2cc(c1OCNC1CCCCC1)CC#Cc1c(ccc(O)c1OC)CCC(=O)CC(O)CC2. The Labute approximate surface area is 225 Å². The van der Waals surface area contributed by atoms with E-state index in [-0.39, 0.29) is 24.4 Å². The molecule has 2 aromatic carbocycles. The fraction of sp³-hybridized carbons (Fsp3) is 0.516. The average Bonchev–Trinajstić information content (AvgIpc) is 2.92. The summed E-state index contributed by atoms with van der Waals surface area (Å²) < 4.78 is 17.4. The molecular formula is C31H39NO6. The van der Waals surface area contributed by atoms with Crippen LogP contribution in [0.15, 0.2) is 24.3 Å². The molecule has 0 aromatic heterocycles. The predicted molar refractivity (Wildman–Crippen MR) is 146 cm³/mol. The normalized spacial score (nSPS) is 18.8. The highest BCUT2D eigenvalue weighted by atomic mass is 16.5. The van der Waals surface area contributed by atoms with Crippen molar-refractivity contribution >= 4 is 5.78 Å². The molecule has 0 radical (unpaired) electrons. The van der Waals surface area contributed by atoms with Crippen LogP contribution in [-0.2, 0) is 24.1 Å². The van der Waals surface area contributed by atoms with Crippen molar-refractivity contribution in [3.63, 3.8) is 0 Å². The van der Waals surface area contributed by atoms with Crippen LogP contribution in [0, 0.1) is 11.8 Å². The van der Waals surface area contributed by atoms with Gasteiger partial charge < -0.3 is 24.4 Å². The molecule has 0 spiro atoms. The van der Waals surface area contributed by atoms with Crippen LogP contribution < -0.4 is 19.5 Å². The number of rotatable bonds is 6. The largest absolute Gasteiger partial charge is 0.504 e. The lowest BCUT2D eigenvalue weighted by atomic mass is 9.96. The molecular weight excluding hydrogens is 482 g/mol. The Morgan fingerprint density at radius 3 is 2.55 bits per heavy atom. The second-order valence-electron chi connectivity index (χ2n) is 10.2. The summed E-state index contributed by atoms with van der Waals surface area (Å²) in [6, 6.07) is 7.79. The molecule has 3 N–H and O–H groups in total. The van der Waals surface area contributed by atoms with Crippen molar-refractivity contribution in [3.8, 4) is 34.8 Å². The van der Waals surface area contributed by atoms with Crippen molar-refractivity contribution in [1.82, 2.24) is 5.32 Å². The van der Waals surface area contributed by atoms with Gasteiger partial charge in [-0.3, -0.25) is 10.1 Å². The number of aryl methyl sites for hydroxylation is 2. The number of carbonyl (C=O) groups is 1. The van der Waals surface area contributed by atoms with E-state index in [9.17, 15) is 15.0 Å². The second kappa shape index (κ2) is 13.5. The topological polar surface area (TPSA) is 97.3 Å². The van der Waals surface area contributed by atoms with E-state index < -0.39 is 6.10 Å². The number of methoxy groups -OCH3 is 2. The van der Waals surface area contributed by atoms with E-state index in [1.54, 1.807) is 19.2 Å². The van der Waals surface area contributed by atoms with Crippen molar-refractivity contribution in [2.75, 3.05) is 21.0 Å². The summed E-state index contributed by atoms with van der Waals surface area (Å²) in [5.74, 6) is 7.99. The van der Waals surface area contributed by atoms with E-state index in [1.807, 2.05) is 12.1 Å². The maximum absolute atomic E-state index is 12.6. The highest BCUT2D eigenvalue weighted by Crippen LogP contribution is 2.35. The van der Waals surface area contributed by atoms with Crippen LogP contribution in [0.1, 0.15) is 73.6 Å². The number of ketones is 1. The Morgan fingerprint density at radius 1 is 0.974 bits per heavy atom. The number of phenols is 1. The summed E-state index contributed by atoms with van der Waals surface area (Å²) in [7, 11) is 3.11. The zero-order valence-corrected chi connectivity index (χ0v) is 22.5. The number of Topliss-reactive ketones (excluding diaryl/α,β-unsaturated/α-hetero) is 1. The Balaban J connectivity index is 1.67. The van der Waals surface area contributed by atoms with Crippen LogP contribution in [-0.4, -0.2) is 49.1 Å². The van der Waals surface area contributed by atoms with Crippen LogP contribution in [0.4, 0.5) is 0 Å². The first-order chi connectivity index (χ1) is 18.5. The van der Waals surface area contributed by atoms with E-state index in [0.717, 1.165) is 29.5 Å². The highest BCUT2D eigenvalue weighted by Gasteiger charge is 2.19. The number of aliphatic hydroxyl groups excluding tert-OH is 1. The number of ether oxygens (including phenoxy) is 3. The first-order valence-corrected chi connectivity index (χ1v) is 13.6. The number of fused-ring (bicyclic) bond motifs is 3. The molecule has 2 aliphatic rings. The zero-order chi connectivity index (χ0) is 26.9. The predicted octanol–water partition coefficient (Wildman–Crippen LogP) is 4.46. The van der Waals surface area contributed by atoms with Crippen LogP contribution in [0.3, 0.4) is 0 Å². The standard InChI is InChI=1S/C31H39NO6/c1-36-29-18-21-11-14-25(33)19-26(34)15-12-22-13-16-28(35)31(37-2)27(22)10-6-7-23(17-21)30(29)38-20-32-24-8-4-3-5-9-24/h13,16-18,24-25,32-33,35H,3-5,7-9,11-12,14-15,19-20H2,1-2H3. The molecule has 1 fully saturated rings. The molecule has 4 rings (SSSR count). The maximum atomic E-state index is 12.6. The van der Waals surface area contributed by atoms with E-state index >= 15 is 0 Å². The van der Waals surface area contributed by atoms with Crippen molar-refractivity contribution in [2.24, 2.45) is 0 Å². The number of nitrogens with one attached hydrogen (secondary N) is 1. The zero-order valence-electron chi connectivity index (χ0n) is 22.5. The van der Waals surface area contributed by atoms with Crippen LogP contribution >= 0.6 is 0 Å². The van der Waals surface area contributed by atoms with Crippen molar-refractivity contribution < 1.29 is 29.2 Å². The number of aromatic hydroxyl groups is 1. The smallest absolute Gasteiger partial charge is 0.176 e. The van der Waals surface area contributed by atoms with Gasteiger partial charge in [0.05, 0.1) is 25.9 Å². The molecule has 38 heavy (non-hydrogen) atoms. The van der Waals surface area contributed by atoms with E-state index in [4.69, 9.17) is 14.2 Å². The number of hydrogen-bond acceptors (Lipinski definition) is 7. The van der Waals surface area contributed by atoms with Gasteiger partial charge in [0.15, 0.2) is 23.0 Å². The molecule has 204 valence electrons. The Bertz CT molecular complexity index is 1180. The lowest BCUT2D eigenvalue weighted by Crippen LogP contribution is -2.34. The van der Waals surface area contributed by atoms with Gasteiger partial charge in [0.25, 0.3) is 0 Å². The third kappa shape index (κ3) is 7.21. The van der Waals surface area contributed by atoms with Gasteiger partial charge in [0.2, 0.25) is 0 Å². The molecule has 7 heteroatoms. The third-order valence-corrected chi connectivity index (χ3v) is 7.43. The van der Waals surface area contributed by atoms with E-state index in [0.29, 0.717) is 61.3 Å². The van der Waals surface area contributed by atoms with Gasteiger partial charge in [-0.2, -0.15) is 0 Å². The van der Waals surface area contributed by atoms with E-state index in [2.05, 4.69) is 17.2 Å². The Hall–Kier alpha value is -3.21. The first-order valence-electron chi connectivity index (χ1n) is 13.6. The Morgan fingerprint density at radius 2 is 1.79 bits per heavy atom. The molecule has 0 heterocycles. The molecule has 2 bridgehead atoms. The van der Waals surface area contributed by atoms with Gasteiger partial charge in [0, 0.05) is 30.9 Å². The van der Waals surface area contributed by atoms with Crippen LogP contribution in [0.25, 0.3) is 0 Å². The molecule has 0 amide bonds. The minimum absolute atomic E-state index is 0.00157. The molecule has 7 nitrogen and oxygen atoms in total. The quantitative estimate of drug-likeness (QED) is 0.381. The minimum atomic E-state index is -0.720. The minimum Gasteiger partial charge on any atom is -0.504 e. The fourth-order valence-electron chi connectivity index (χ4n) is 5.32. The molecule has 2 aliphatic carbocycles. The molecule has 2 aromatic rings. The number of carbonyl (C=O) groups excluding carboxylic acids is 1. The van der Waals surface area contributed by atoms with Gasteiger partial charge in [0.1, 0.15) is 12.5 Å². The van der Waals surface area contributed by atoms with Gasteiger partial charge in [-0.25, -0.2) is 0 Å². The number of aliphatic hydroxyl groups is 1. The highest BCUT2D eigenvalue weighted by molar-refractivity contribution is 5.79. The van der Waals surface area contributed by atoms with Gasteiger partial charge >= 0.3 is 0 Å². The van der Waals surface area contributed by atoms with Gasteiger partial charge in [-0.1, -0.05) is 43.2 Å². The van der Waals surface area contributed by atoms with Gasteiger partial charge in [-0.05, 0) is 55.4 Å². The summed E-state index contributed by atoms with van der Waals surface area (Å²) in [5, 5.41) is 24.4. The number of hydrogen-bond donors (Lipinski definition) is 3. The van der Waals surface area contributed by atoms with Crippen LogP contribution in [0.5, 0.6) is 23.0 Å². The molecule has 0 saturated heterocycles. The average molecular weight is 522 g/mol. The summed E-state index contributed by atoms with van der Waals surface area (Å²) in [5.41, 5.74) is 3.27. The van der Waals surface area contributed by atoms with E-state index in [1.165, 1.54) is 26.4 Å². The fourth-order valence-corrected chi connectivity index (χ4v) is 5.32. The Kier molecular flexibility index (Phi) is 9.91. The summed E-state index contributed by atoms with van der Waals surface area (Å²) >= 11 is 0. The lowest BCUT2D eigenvalue weighted by molar-refractivity contribution is -0.121. The summed E-state index contributed by atoms with van der Waals surface area (Å²) in [6.45, 7) is 0.381. The molecule has 1 atom stereocenters. The number of phenolic OH excluding ortho intramolecular Hbond substituents is 1. The monoisotopic (exact) mass is 521 g/mol. The maximum Gasteiger partial charge on any atom is 0.176 e. The molecule has 1 unspecified atom stereocenters. The third-order valence-electron chi connectivity index (χ3n) is 7.43. The van der Waals surface area contributed by atoms with Crippen molar-refractivity contribution in [3.05, 3.63) is 46.5 Å². The molecule has 0 aliphatic heterocycles. The summed E-state index contributed by atoms with van der Waals surface area (Å²) in [4.78, 5) is 12.6.